The molecular weight excluding hydrogens is 176 g/mol. The predicted molar refractivity (Wildman–Crippen MR) is 56.0 cm³/mol. The minimum absolute atomic E-state index is 0.0547. The standard InChI is InChI=1S/C12H20O2/c1-3-4-5-10-6-7-12(14)11(10)8-9(2)13/h10-11H,3-8H2,1-2H3. The lowest BCUT2D eigenvalue weighted by Crippen LogP contribution is -2.17. The molecule has 0 heterocycles. The Labute approximate surface area is 86.1 Å². The molecule has 14 heavy (non-hydrogen) atoms. The molecule has 0 aliphatic heterocycles. The first-order valence-corrected chi connectivity index (χ1v) is 5.67. The topological polar surface area (TPSA) is 34.1 Å². The molecule has 0 bridgehead atoms. The van der Waals surface area contributed by atoms with E-state index >= 15 is 0 Å². The van der Waals surface area contributed by atoms with Crippen molar-refractivity contribution < 1.29 is 9.59 Å². The fraction of sp³-hybridized carbons (Fsp3) is 0.833. The van der Waals surface area contributed by atoms with E-state index in [4.69, 9.17) is 0 Å². The van der Waals surface area contributed by atoms with Gasteiger partial charge in [0.05, 0.1) is 0 Å². The molecule has 2 atom stereocenters. The Morgan fingerprint density at radius 2 is 2.21 bits per heavy atom. The van der Waals surface area contributed by atoms with E-state index in [9.17, 15) is 9.59 Å². The average Bonchev–Trinajstić information content (AvgIpc) is 2.45. The zero-order valence-electron chi connectivity index (χ0n) is 9.21. The van der Waals surface area contributed by atoms with Gasteiger partial charge in [-0.05, 0) is 25.7 Å². The second kappa shape index (κ2) is 5.28. The third-order valence-electron chi connectivity index (χ3n) is 3.18. The third-order valence-corrected chi connectivity index (χ3v) is 3.18. The Hall–Kier alpha value is -0.660. The molecule has 2 unspecified atom stereocenters. The van der Waals surface area contributed by atoms with Crippen LogP contribution >= 0.6 is 0 Å². The maximum atomic E-state index is 11.5. The van der Waals surface area contributed by atoms with E-state index < -0.39 is 0 Å². The number of carbonyl (C=O) groups excluding carboxylic acids is 2. The molecular formula is C12H20O2. The highest BCUT2D eigenvalue weighted by Gasteiger charge is 2.34. The van der Waals surface area contributed by atoms with Gasteiger partial charge in [-0.3, -0.25) is 4.79 Å². The molecule has 0 N–H and O–H groups in total. The SMILES string of the molecule is CCCCC1CCC(=O)C1CC(C)=O. The lowest BCUT2D eigenvalue weighted by molar-refractivity contribution is -0.126. The van der Waals surface area contributed by atoms with Crippen LogP contribution in [0.15, 0.2) is 0 Å². The summed E-state index contributed by atoms with van der Waals surface area (Å²) in [6, 6.07) is 0. The van der Waals surface area contributed by atoms with Crippen molar-refractivity contribution in [2.45, 2.75) is 52.4 Å². The Bertz CT molecular complexity index is 220. The van der Waals surface area contributed by atoms with Gasteiger partial charge in [0, 0.05) is 18.8 Å². The van der Waals surface area contributed by atoms with Crippen LogP contribution in [0.4, 0.5) is 0 Å². The van der Waals surface area contributed by atoms with Crippen LogP contribution < -0.4 is 0 Å². The second-order valence-electron chi connectivity index (χ2n) is 4.42. The van der Waals surface area contributed by atoms with Crippen molar-refractivity contribution in [3.05, 3.63) is 0 Å². The molecule has 0 amide bonds. The molecule has 0 aromatic rings. The number of ketones is 2. The van der Waals surface area contributed by atoms with E-state index in [2.05, 4.69) is 6.92 Å². The molecule has 1 aliphatic carbocycles. The van der Waals surface area contributed by atoms with Gasteiger partial charge in [0.15, 0.2) is 0 Å². The van der Waals surface area contributed by atoms with Gasteiger partial charge in [0.25, 0.3) is 0 Å². The van der Waals surface area contributed by atoms with E-state index in [0.717, 1.165) is 12.8 Å². The largest absolute Gasteiger partial charge is 0.300 e. The predicted octanol–water partition coefficient (Wildman–Crippen LogP) is 2.75. The van der Waals surface area contributed by atoms with Gasteiger partial charge < -0.3 is 4.79 Å². The van der Waals surface area contributed by atoms with Crippen molar-refractivity contribution in [3.63, 3.8) is 0 Å². The maximum Gasteiger partial charge on any atom is 0.136 e. The summed E-state index contributed by atoms with van der Waals surface area (Å²) in [6.45, 7) is 3.75. The average molecular weight is 196 g/mol. The van der Waals surface area contributed by atoms with Gasteiger partial charge in [-0.1, -0.05) is 19.8 Å². The Kier molecular flexibility index (Phi) is 4.30. The normalized spacial score (nSPS) is 26.9. The molecule has 0 saturated heterocycles. The highest BCUT2D eigenvalue weighted by Crippen LogP contribution is 2.34. The minimum atomic E-state index is 0.0547. The molecule has 2 nitrogen and oxygen atoms in total. The summed E-state index contributed by atoms with van der Waals surface area (Å²) >= 11 is 0. The zero-order valence-corrected chi connectivity index (χ0v) is 9.21. The number of Topliss-reactive ketones (excluding diaryl/α,β-unsaturated/α-hetero) is 2. The van der Waals surface area contributed by atoms with Gasteiger partial charge in [-0.15, -0.1) is 0 Å². The first kappa shape index (κ1) is 11.4. The fourth-order valence-electron chi connectivity index (χ4n) is 2.38. The van der Waals surface area contributed by atoms with E-state index in [1.54, 1.807) is 6.92 Å². The van der Waals surface area contributed by atoms with Gasteiger partial charge in [0.1, 0.15) is 11.6 Å². The van der Waals surface area contributed by atoms with Crippen molar-refractivity contribution in [2.24, 2.45) is 11.8 Å². The van der Waals surface area contributed by atoms with Gasteiger partial charge in [0.2, 0.25) is 0 Å². The maximum absolute atomic E-state index is 11.5. The summed E-state index contributed by atoms with van der Waals surface area (Å²) in [5.74, 6) is 1.03. The number of hydrogen-bond donors (Lipinski definition) is 0. The minimum Gasteiger partial charge on any atom is -0.300 e. The summed E-state index contributed by atoms with van der Waals surface area (Å²) in [5, 5.41) is 0. The molecule has 0 radical (unpaired) electrons. The quantitative estimate of drug-likeness (QED) is 0.677. The first-order valence-electron chi connectivity index (χ1n) is 5.67. The van der Waals surface area contributed by atoms with E-state index in [1.165, 1.54) is 12.8 Å². The van der Waals surface area contributed by atoms with Crippen LogP contribution in [0.3, 0.4) is 0 Å². The van der Waals surface area contributed by atoms with Gasteiger partial charge in [-0.25, -0.2) is 0 Å². The van der Waals surface area contributed by atoms with Crippen molar-refractivity contribution >= 4 is 11.6 Å². The number of rotatable bonds is 5. The lowest BCUT2D eigenvalue weighted by Gasteiger charge is -2.16. The zero-order chi connectivity index (χ0) is 10.6. The molecule has 0 aromatic carbocycles. The van der Waals surface area contributed by atoms with Crippen LogP contribution in [0.5, 0.6) is 0 Å². The summed E-state index contributed by atoms with van der Waals surface area (Å²) < 4.78 is 0. The van der Waals surface area contributed by atoms with Crippen molar-refractivity contribution in [3.8, 4) is 0 Å². The highest BCUT2D eigenvalue weighted by molar-refractivity contribution is 5.88. The number of hydrogen-bond acceptors (Lipinski definition) is 2. The van der Waals surface area contributed by atoms with Crippen molar-refractivity contribution in [1.82, 2.24) is 0 Å². The summed E-state index contributed by atoms with van der Waals surface area (Å²) in [4.78, 5) is 22.5. The highest BCUT2D eigenvalue weighted by atomic mass is 16.1. The molecule has 0 spiro atoms. The third kappa shape index (κ3) is 2.93. The Morgan fingerprint density at radius 3 is 2.79 bits per heavy atom. The summed E-state index contributed by atoms with van der Waals surface area (Å²) in [6.07, 6.45) is 5.68. The molecule has 1 aliphatic rings. The smallest absolute Gasteiger partial charge is 0.136 e. The Balaban J connectivity index is 2.48. The van der Waals surface area contributed by atoms with Crippen LogP contribution in [0.2, 0.25) is 0 Å². The fourth-order valence-corrected chi connectivity index (χ4v) is 2.38. The van der Waals surface area contributed by atoms with Crippen molar-refractivity contribution in [1.29, 1.82) is 0 Å². The molecule has 80 valence electrons. The van der Waals surface area contributed by atoms with Crippen LogP contribution in [-0.4, -0.2) is 11.6 Å². The molecule has 2 heteroatoms. The number of unbranched alkanes of at least 4 members (excludes halogenated alkanes) is 1. The van der Waals surface area contributed by atoms with Crippen LogP contribution in [0, 0.1) is 11.8 Å². The second-order valence-corrected chi connectivity index (χ2v) is 4.42. The van der Waals surface area contributed by atoms with E-state index in [1.807, 2.05) is 0 Å². The molecule has 1 fully saturated rings. The summed E-state index contributed by atoms with van der Waals surface area (Å²) in [5.41, 5.74) is 0. The lowest BCUT2D eigenvalue weighted by atomic mass is 9.87. The first-order chi connectivity index (χ1) is 6.65. The number of carbonyl (C=O) groups is 2. The monoisotopic (exact) mass is 196 g/mol. The van der Waals surface area contributed by atoms with Crippen LogP contribution in [-0.2, 0) is 9.59 Å². The van der Waals surface area contributed by atoms with E-state index in [0.29, 0.717) is 24.5 Å². The van der Waals surface area contributed by atoms with Crippen molar-refractivity contribution in [2.75, 3.05) is 0 Å². The Morgan fingerprint density at radius 1 is 1.50 bits per heavy atom. The molecule has 1 saturated carbocycles. The van der Waals surface area contributed by atoms with Gasteiger partial charge >= 0.3 is 0 Å². The van der Waals surface area contributed by atoms with Crippen LogP contribution in [0.1, 0.15) is 52.4 Å². The van der Waals surface area contributed by atoms with Gasteiger partial charge in [-0.2, -0.15) is 0 Å². The molecule has 1 rings (SSSR count). The van der Waals surface area contributed by atoms with E-state index in [-0.39, 0.29) is 11.7 Å². The van der Waals surface area contributed by atoms with Crippen LogP contribution in [0.25, 0.3) is 0 Å². The summed E-state index contributed by atoms with van der Waals surface area (Å²) in [7, 11) is 0. The molecule has 0 aromatic heterocycles.